The first-order valence-electron chi connectivity index (χ1n) is 9.72. The molecule has 1 aromatic heterocycles. The molecule has 3 atom stereocenters. The first-order chi connectivity index (χ1) is 12.5. The van der Waals surface area contributed by atoms with Gasteiger partial charge in [0.15, 0.2) is 0 Å². The molecular formula is C21H31N3O2. The lowest BCUT2D eigenvalue weighted by atomic mass is 9.99. The third-order valence-corrected chi connectivity index (χ3v) is 5.49. The molecule has 0 aliphatic carbocycles. The van der Waals surface area contributed by atoms with Crippen LogP contribution in [0.5, 0.6) is 0 Å². The van der Waals surface area contributed by atoms with Crippen LogP contribution in [0.2, 0.25) is 0 Å². The van der Waals surface area contributed by atoms with Gasteiger partial charge in [-0.25, -0.2) is 4.79 Å². The highest BCUT2D eigenvalue weighted by Crippen LogP contribution is 2.29. The van der Waals surface area contributed by atoms with Crippen molar-refractivity contribution >= 4 is 17.0 Å². The van der Waals surface area contributed by atoms with Crippen LogP contribution in [0.15, 0.2) is 28.7 Å². The van der Waals surface area contributed by atoms with E-state index < -0.39 is 0 Å². The fourth-order valence-electron chi connectivity index (χ4n) is 3.92. The molecule has 1 saturated heterocycles. The van der Waals surface area contributed by atoms with Gasteiger partial charge in [0.05, 0.1) is 6.04 Å². The van der Waals surface area contributed by atoms with Crippen molar-refractivity contribution in [2.75, 3.05) is 19.6 Å². The van der Waals surface area contributed by atoms with Gasteiger partial charge in [-0.05, 0) is 52.1 Å². The molecule has 0 spiro atoms. The number of rotatable bonds is 5. The molecule has 2 aromatic rings. The Labute approximate surface area is 156 Å². The number of fused-ring (bicyclic) bond motifs is 1. The smallest absolute Gasteiger partial charge is 0.315 e. The number of carbonyl (C=O) groups excluding carboxylic acids is 1. The molecule has 2 amide bonds. The Hall–Kier alpha value is -2.01. The van der Waals surface area contributed by atoms with Gasteiger partial charge in [-0.1, -0.05) is 25.1 Å². The maximum absolute atomic E-state index is 12.3. The summed E-state index contributed by atoms with van der Waals surface area (Å²) in [5.41, 5.74) is 1.95. The Morgan fingerprint density at radius 2 is 2.12 bits per heavy atom. The third kappa shape index (κ3) is 4.21. The number of benzene rings is 1. The van der Waals surface area contributed by atoms with Crippen LogP contribution in [0.25, 0.3) is 11.0 Å². The summed E-state index contributed by atoms with van der Waals surface area (Å²) in [4.78, 5) is 14.8. The largest absolute Gasteiger partial charge is 0.459 e. The lowest BCUT2D eigenvalue weighted by molar-refractivity contribution is 0.137. The zero-order valence-corrected chi connectivity index (χ0v) is 16.3. The predicted octanol–water partition coefficient (Wildman–Crippen LogP) is 4.22. The van der Waals surface area contributed by atoms with Crippen LogP contribution in [-0.4, -0.2) is 36.6 Å². The summed E-state index contributed by atoms with van der Waals surface area (Å²) in [5.74, 6) is 1.57. The second-order valence-electron chi connectivity index (χ2n) is 7.75. The summed E-state index contributed by atoms with van der Waals surface area (Å²) in [6.07, 6.45) is 2.56. The lowest BCUT2D eigenvalue weighted by Crippen LogP contribution is -2.48. The highest BCUT2D eigenvalue weighted by atomic mass is 16.3. The minimum atomic E-state index is -0.173. The van der Waals surface area contributed by atoms with Crippen LogP contribution in [0, 0.1) is 12.8 Å². The van der Waals surface area contributed by atoms with Gasteiger partial charge in [-0.15, -0.1) is 0 Å². The molecule has 1 aliphatic rings. The van der Waals surface area contributed by atoms with E-state index in [9.17, 15) is 4.79 Å². The van der Waals surface area contributed by atoms with Crippen molar-refractivity contribution in [2.45, 2.75) is 52.6 Å². The maximum Gasteiger partial charge on any atom is 0.315 e. The Balaban J connectivity index is 1.53. The molecular weight excluding hydrogens is 326 g/mol. The Bertz CT molecular complexity index is 755. The summed E-state index contributed by atoms with van der Waals surface area (Å²) in [7, 11) is 0. The number of urea groups is 1. The Morgan fingerprint density at radius 3 is 2.85 bits per heavy atom. The van der Waals surface area contributed by atoms with Crippen molar-refractivity contribution < 1.29 is 9.21 Å². The minimum absolute atomic E-state index is 0.144. The van der Waals surface area contributed by atoms with Crippen molar-refractivity contribution in [1.29, 1.82) is 0 Å². The maximum atomic E-state index is 12.3. The average Bonchev–Trinajstić information content (AvgIpc) is 2.97. The van der Waals surface area contributed by atoms with E-state index in [0.29, 0.717) is 12.6 Å². The second-order valence-corrected chi connectivity index (χ2v) is 7.75. The number of hydrogen-bond donors (Lipinski definition) is 2. The van der Waals surface area contributed by atoms with Gasteiger partial charge in [0.25, 0.3) is 0 Å². The van der Waals surface area contributed by atoms with Crippen LogP contribution >= 0.6 is 0 Å². The molecule has 26 heavy (non-hydrogen) atoms. The van der Waals surface area contributed by atoms with Crippen LogP contribution in [0.4, 0.5) is 4.79 Å². The number of furan rings is 1. The molecule has 1 aliphatic heterocycles. The van der Waals surface area contributed by atoms with E-state index in [1.54, 1.807) is 0 Å². The summed E-state index contributed by atoms with van der Waals surface area (Å²) in [6, 6.07) is 8.00. The van der Waals surface area contributed by atoms with Crippen molar-refractivity contribution in [3.05, 3.63) is 35.6 Å². The second kappa shape index (κ2) is 8.12. The summed E-state index contributed by atoms with van der Waals surface area (Å²) >= 11 is 0. The average molecular weight is 357 g/mol. The lowest BCUT2D eigenvalue weighted by Gasteiger charge is -2.35. The highest BCUT2D eigenvalue weighted by Gasteiger charge is 2.22. The Morgan fingerprint density at radius 1 is 1.35 bits per heavy atom. The Kier molecular flexibility index (Phi) is 5.87. The monoisotopic (exact) mass is 357 g/mol. The first kappa shape index (κ1) is 18.8. The third-order valence-electron chi connectivity index (χ3n) is 5.49. The molecule has 0 saturated carbocycles. The fourth-order valence-corrected chi connectivity index (χ4v) is 3.92. The number of para-hydroxylation sites is 1. The van der Waals surface area contributed by atoms with Crippen LogP contribution < -0.4 is 10.6 Å². The summed E-state index contributed by atoms with van der Waals surface area (Å²) in [6.45, 7) is 11.4. The van der Waals surface area contributed by atoms with E-state index in [1.807, 2.05) is 38.1 Å². The number of carbonyl (C=O) groups is 1. The quantitative estimate of drug-likeness (QED) is 0.842. The van der Waals surface area contributed by atoms with E-state index in [4.69, 9.17) is 4.42 Å². The van der Waals surface area contributed by atoms with E-state index in [-0.39, 0.29) is 12.1 Å². The number of aryl methyl sites for hydroxylation is 1. The van der Waals surface area contributed by atoms with E-state index >= 15 is 0 Å². The van der Waals surface area contributed by atoms with Gasteiger partial charge in [-0.3, -0.25) is 4.90 Å². The predicted molar refractivity (Wildman–Crippen MR) is 105 cm³/mol. The van der Waals surface area contributed by atoms with Crippen LogP contribution in [0.3, 0.4) is 0 Å². The zero-order valence-electron chi connectivity index (χ0n) is 16.3. The van der Waals surface area contributed by atoms with Crippen LogP contribution in [-0.2, 0) is 0 Å². The first-order valence-corrected chi connectivity index (χ1v) is 9.72. The number of hydrogen-bond acceptors (Lipinski definition) is 3. The van der Waals surface area contributed by atoms with E-state index in [1.165, 1.54) is 12.8 Å². The standard InChI is InChI=1S/C21H31N3O2/c1-14-8-7-11-24(13-14)15(2)12-22-21(25)23-17(4)20-16(3)18-9-5-6-10-19(18)26-20/h5-6,9-10,14-15,17H,7-8,11-13H2,1-4H3,(H2,22,23,25)/t14-,15-,17+/m1/s1. The summed E-state index contributed by atoms with van der Waals surface area (Å²) < 4.78 is 5.94. The summed E-state index contributed by atoms with van der Waals surface area (Å²) in [5, 5.41) is 7.12. The van der Waals surface area contributed by atoms with Crippen molar-refractivity contribution in [3.8, 4) is 0 Å². The fraction of sp³-hybridized carbons (Fsp3) is 0.571. The number of nitrogens with one attached hydrogen (secondary N) is 2. The molecule has 5 nitrogen and oxygen atoms in total. The highest BCUT2D eigenvalue weighted by molar-refractivity contribution is 5.82. The van der Waals surface area contributed by atoms with Gasteiger partial charge in [-0.2, -0.15) is 0 Å². The van der Waals surface area contributed by atoms with Gasteiger partial charge >= 0.3 is 6.03 Å². The van der Waals surface area contributed by atoms with Crippen molar-refractivity contribution in [1.82, 2.24) is 15.5 Å². The van der Waals surface area contributed by atoms with Crippen molar-refractivity contribution in [3.63, 3.8) is 0 Å². The molecule has 5 heteroatoms. The van der Waals surface area contributed by atoms with Gasteiger partial charge in [0.2, 0.25) is 0 Å². The molecule has 3 rings (SSSR count). The minimum Gasteiger partial charge on any atom is -0.459 e. The van der Waals surface area contributed by atoms with Crippen LogP contribution in [0.1, 0.15) is 51.0 Å². The zero-order chi connectivity index (χ0) is 18.7. The molecule has 1 fully saturated rings. The van der Waals surface area contributed by atoms with Gasteiger partial charge in [0, 0.05) is 30.1 Å². The number of amides is 2. The molecule has 2 heterocycles. The number of nitrogens with zero attached hydrogens (tertiary/aromatic N) is 1. The number of likely N-dealkylation sites (tertiary alicyclic amines) is 1. The topological polar surface area (TPSA) is 57.5 Å². The molecule has 0 unspecified atom stereocenters. The van der Waals surface area contributed by atoms with E-state index in [2.05, 4.69) is 29.4 Å². The molecule has 0 bridgehead atoms. The van der Waals surface area contributed by atoms with Crippen molar-refractivity contribution in [2.24, 2.45) is 5.92 Å². The van der Waals surface area contributed by atoms with Gasteiger partial charge < -0.3 is 15.1 Å². The molecule has 1 aromatic carbocycles. The SMILES string of the molecule is Cc1c([C@H](C)NC(=O)NC[C@@H](C)N2CCC[C@@H](C)C2)oc2ccccc12. The number of piperidine rings is 1. The molecule has 2 N–H and O–H groups in total. The molecule has 0 radical (unpaired) electrons. The van der Waals surface area contributed by atoms with E-state index in [0.717, 1.165) is 41.3 Å². The normalized spacial score (nSPS) is 20.7. The molecule has 142 valence electrons. The van der Waals surface area contributed by atoms with Gasteiger partial charge in [0.1, 0.15) is 11.3 Å².